The highest BCUT2D eigenvalue weighted by molar-refractivity contribution is 7.89. The van der Waals surface area contributed by atoms with Crippen LogP contribution in [0.25, 0.3) is 0 Å². The smallest absolute Gasteiger partial charge is 0.318 e. The molecule has 8 nitrogen and oxygen atoms in total. The van der Waals surface area contributed by atoms with Crippen LogP contribution in [0.2, 0.25) is 0 Å². The Bertz CT molecular complexity index is 1080. The van der Waals surface area contributed by atoms with Gasteiger partial charge in [-0.2, -0.15) is 4.72 Å². The fourth-order valence-corrected chi connectivity index (χ4v) is 4.81. The summed E-state index contributed by atoms with van der Waals surface area (Å²) in [5.74, 6) is -1.87. The Morgan fingerprint density at radius 2 is 1.78 bits per heavy atom. The lowest BCUT2D eigenvalue weighted by Gasteiger charge is -2.20. The van der Waals surface area contributed by atoms with Crippen LogP contribution in [0.15, 0.2) is 47.4 Å². The molecule has 1 heterocycles. The number of carboxylic acids is 1. The maximum absolute atomic E-state index is 12.9. The van der Waals surface area contributed by atoms with E-state index >= 15 is 0 Å². The molecule has 32 heavy (non-hydrogen) atoms. The molecule has 0 aromatic heterocycles. The van der Waals surface area contributed by atoms with Crippen LogP contribution in [0.3, 0.4) is 0 Å². The summed E-state index contributed by atoms with van der Waals surface area (Å²) < 4.78 is 32.0. The topological polar surface area (TPSA) is 113 Å². The number of hydrogen-bond acceptors (Lipinski definition) is 6. The van der Waals surface area contributed by atoms with E-state index in [2.05, 4.69) is 4.90 Å². The zero-order valence-corrected chi connectivity index (χ0v) is 19.0. The van der Waals surface area contributed by atoms with Gasteiger partial charge in [0.2, 0.25) is 10.0 Å². The van der Waals surface area contributed by atoms with Gasteiger partial charge in [0, 0.05) is 18.8 Å². The predicted octanol–water partition coefficient (Wildman–Crippen LogP) is 3.06. The highest BCUT2D eigenvalue weighted by Crippen LogP contribution is 2.28. The van der Waals surface area contributed by atoms with Crippen LogP contribution in [-0.2, 0) is 19.6 Å². The number of nitrogens with zero attached hydrogens (tertiary/aromatic N) is 1. The molecule has 1 aliphatic heterocycles. The molecule has 1 atom stereocenters. The van der Waals surface area contributed by atoms with E-state index in [1.165, 1.54) is 31.0 Å². The van der Waals surface area contributed by atoms with Crippen molar-refractivity contribution in [1.29, 1.82) is 0 Å². The number of nitrogens with one attached hydrogen (secondary N) is 1. The lowest BCUT2D eigenvalue weighted by Crippen LogP contribution is -2.29. The first-order valence-corrected chi connectivity index (χ1v) is 12.1. The van der Waals surface area contributed by atoms with Gasteiger partial charge in [0.05, 0.1) is 10.8 Å². The number of anilines is 1. The molecule has 0 radical (unpaired) electrons. The maximum Gasteiger partial charge on any atom is 0.318 e. The summed E-state index contributed by atoms with van der Waals surface area (Å²) in [5.41, 5.74) is 2.48. The first kappa shape index (κ1) is 23.7. The Morgan fingerprint density at radius 1 is 1.12 bits per heavy atom. The number of benzene rings is 2. The van der Waals surface area contributed by atoms with Gasteiger partial charge in [0.1, 0.15) is 12.3 Å². The Labute approximate surface area is 188 Å². The second-order valence-electron chi connectivity index (χ2n) is 7.81. The van der Waals surface area contributed by atoms with Crippen molar-refractivity contribution in [2.45, 2.75) is 43.9 Å². The SMILES string of the molecule is CCC(C(=O)Oc1ccc(S(=O)(=O)NCC(=O)O)cc1C)c1ccc(N2CCCC2)cc1. The van der Waals surface area contributed by atoms with Crippen molar-refractivity contribution in [2.24, 2.45) is 0 Å². The number of esters is 1. The second kappa shape index (κ2) is 10.1. The first-order chi connectivity index (χ1) is 15.2. The summed E-state index contributed by atoms with van der Waals surface area (Å²) in [6.07, 6.45) is 2.95. The van der Waals surface area contributed by atoms with E-state index in [0.717, 1.165) is 24.3 Å². The predicted molar refractivity (Wildman–Crippen MR) is 121 cm³/mol. The van der Waals surface area contributed by atoms with Crippen LogP contribution in [0.4, 0.5) is 5.69 Å². The van der Waals surface area contributed by atoms with Crippen molar-refractivity contribution in [2.75, 3.05) is 24.5 Å². The van der Waals surface area contributed by atoms with E-state index < -0.39 is 34.4 Å². The van der Waals surface area contributed by atoms with Gasteiger partial charge >= 0.3 is 11.9 Å². The Kier molecular flexibility index (Phi) is 7.52. The fraction of sp³-hybridized carbons (Fsp3) is 0.391. The number of aryl methyl sites for hydroxylation is 1. The molecule has 0 bridgehead atoms. The van der Waals surface area contributed by atoms with Gasteiger partial charge in [-0.15, -0.1) is 0 Å². The van der Waals surface area contributed by atoms with Crippen molar-refractivity contribution < 1.29 is 27.9 Å². The average molecular weight is 461 g/mol. The zero-order valence-electron chi connectivity index (χ0n) is 18.2. The van der Waals surface area contributed by atoms with E-state index in [9.17, 15) is 18.0 Å². The van der Waals surface area contributed by atoms with E-state index in [4.69, 9.17) is 9.84 Å². The van der Waals surface area contributed by atoms with Crippen LogP contribution in [0.1, 0.15) is 43.2 Å². The molecule has 0 saturated carbocycles. The standard InChI is InChI=1S/C23H28N2O6S/c1-3-20(17-6-8-18(9-7-17)25-12-4-5-13-25)23(28)31-21-11-10-19(14-16(21)2)32(29,30)24-15-22(26)27/h6-11,14,20,24H,3-5,12-13,15H2,1-2H3,(H,26,27). The lowest BCUT2D eigenvalue weighted by molar-refractivity contribution is -0.136. The lowest BCUT2D eigenvalue weighted by atomic mass is 9.96. The van der Waals surface area contributed by atoms with Crippen molar-refractivity contribution in [1.82, 2.24) is 4.72 Å². The van der Waals surface area contributed by atoms with Crippen LogP contribution in [0.5, 0.6) is 5.75 Å². The van der Waals surface area contributed by atoms with E-state index in [1.807, 2.05) is 35.9 Å². The molecule has 1 saturated heterocycles. The monoisotopic (exact) mass is 460 g/mol. The van der Waals surface area contributed by atoms with Gasteiger partial charge in [0.15, 0.2) is 0 Å². The van der Waals surface area contributed by atoms with E-state index in [0.29, 0.717) is 12.0 Å². The van der Waals surface area contributed by atoms with Gasteiger partial charge in [-0.3, -0.25) is 9.59 Å². The molecule has 172 valence electrons. The Hall–Kier alpha value is -2.91. The number of hydrogen-bond donors (Lipinski definition) is 2. The third-order valence-electron chi connectivity index (χ3n) is 5.54. The molecular weight excluding hydrogens is 432 g/mol. The molecule has 1 aliphatic rings. The number of rotatable bonds is 9. The molecule has 2 N–H and O–H groups in total. The van der Waals surface area contributed by atoms with Gasteiger partial charge in [-0.05, 0) is 67.6 Å². The normalized spacial score (nSPS) is 14.9. The number of carbonyl (C=O) groups excluding carboxylic acids is 1. The van der Waals surface area contributed by atoms with Crippen LogP contribution in [0, 0.1) is 6.92 Å². The number of carboxylic acid groups (broad SMARTS) is 1. The summed E-state index contributed by atoms with van der Waals surface area (Å²) in [5, 5.41) is 8.67. The highest BCUT2D eigenvalue weighted by Gasteiger charge is 2.23. The minimum atomic E-state index is -3.97. The largest absolute Gasteiger partial charge is 0.480 e. The Balaban J connectivity index is 1.71. The second-order valence-corrected chi connectivity index (χ2v) is 9.58. The number of sulfonamides is 1. The van der Waals surface area contributed by atoms with Gasteiger partial charge in [-0.1, -0.05) is 19.1 Å². The number of ether oxygens (including phenoxy) is 1. The minimum Gasteiger partial charge on any atom is -0.480 e. The third-order valence-corrected chi connectivity index (χ3v) is 6.94. The first-order valence-electron chi connectivity index (χ1n) is 10.6. The van der Waals surface area contributed by atoms with Crippen molar-refractivity contribution in [3.63, 3.8) is 0 Å². The summed E-state index contributed by atoms with van der Waals surface area (Å²) in [6, 6.07) is 12.0. The minimum absolute atomic E-state index is 0.0967. The molecular formula is C23H28N2O6S. The van der Waals surface area contributed by atoms with Gasteiger partial charge in [-0.25, -0.2) is 8.42 Å². The zero-order chi connectivity index (χ0) is 23.3. The Morgan fingerprint density at radius 3 is 2.34 bits per heavy atom. The molecule has 0 amide bonds. The summed E-state index contributed by atoms with van der Waals surface area (Å²) in [6.45, 7) is 4.93. The molecule has 1 fully saturated rings. The molecule has 2 aromatic rings. The number of aliphatic carboxylic acids is 1. The number of carbonyl (C=O) groups is 2. The molecule has 9 heteroatoms. The fourth-order valence-electron chi connectivity index (χ4n) is 3.75. The van der Waals surface area contributed by atoms with Crippen LogP contribution >= 0.6 is 0 Å². The molecule has 1 unspecified atom stereocenters. The van der Waals surface area contributed by atoms with Crippen LogP contribution in [-0.4, -0.2) is 45.1 Å². The summed E-state index contributed by atoms with van der Waals surface area (Å²) in [7, 11) is -3.97. The molecule has 0 spiro atoms. The van der Waals surface area contributed by atoms with Gasteiger partial charge in [0.25, 0.3) is 0 Å². The third kappa shape index (κ3) is 5.66. The van der Waals surface area contributed by atoms with Crippen molar-refractivity contribution >= 4 is 27.6 Å². The molecule has 2 aromatic carbocycles. The van der Waals surface area contributed by atoms with E-state index in [1.54, 1.807) is 6.92 Å². The van der Waals surface area contributed by atoms with Crippen molar-refractivity contribution in [3.8, 4) is 5.75 Å². The maximum atomic E-state index is 12.9. The van der Waals surface area contributed by atoms with Gasteiger partial charge < -0.3 is 14.7 Å². The highest BCUT2D eigenvalue weighted by atomic mass is 32.2. The van der Waals surface area contributed by atoms with Crippen LogP contribution < -0.4 is 14.4 Å². The van der Waals surface area contributed by atoms with Crippen molar-refractivity contribution in [3.05, 3.63) is 53.6 Å². The average Bonchev–Trinajstić information content (AvgIpc) is 3.30. The van der Waals surface area contributed by atoms with E-state index in [-0.39, 0.29) is 10.6 Å². The quantitative estimate of drug-likeness (QED) is 0.437. The summed E-state index contributed by atoms with van der Waals surface area (Å²) in [4.78, 5) is 25.7. The molecule has 0 aliphatic carbocycles. The summed E-state index contributed by atoms with van der Waals surface area (Å²) >= 11 is 0. The molecule has 3 rings (SSSR count).